The van der Waals surface area contributed by atoms with E-state index in [0.717, 1.165) is 12.8 Å². The van der Waals surface area contributed by atoms with Crippen LogP contribution in [0.2, 0.25) is 0 Å². The van der Waals surface area contributed by atoms with Gasteiger partial charge in [-0.25, -0.2) is 0 Å². The molecule has 0 saturated heterocycles. The number of nitrogens with zero attached hydrogens (tertiary/aromatic N) is 1. The van der Waals surface area contributed by atoms with Gasteiger partial charge in [0.1, 0.15) is 6.04 Å². The Hall–Kier alpha value is -0.480. The van der Waals surface area contributed by atoms with Crippen molar-refractivity contribution in [1.29, 1.82) is 0 Å². The standard InChI is InChI=1S/C7H15N3O/c1-4-2-5(8)3-6(9)7(4)10-11/h4-7H,2-3,8-9H2,1H3/t4?,5?,6?,7-/m0/s1. The van der Waals surface area contributed by atoms with Crippen molar-refractivity contribution in [2.75, 3.05) is 0 Å². The molecule has 1 aliphatic rings. The van der Waals surface area contributed by atoms with Crippen LogP contribution in [0.25, 0.3) is 0 Å². The highest BCUT2D eigenvalue weighted by molar-refractivity contribution is 4.92. The maximum Gasteiger partial charge on any atom is 0.110 e. The van der Waals surface area contributed by atoms with Gasteiger partial charge in [0.25, 0.3) is 0 Å². The van der Waals surface area contributed by atoms with Crippen molar-refractivity contribution in [3.8, 4) is 0 Å². The van der Waals surface area contributed by atoms with E-state index in [0.29, 0.717) is 0 Å². The molecule has 0 aromatic carbocycles. The first kappa shape index (κ1) is 8.62. The van der Waals surface area contributed by atoms with Crippen LogP contribution in [-0.4, -0.2) is 18.1 Å². The quantitative estimate of drug-likeness (QED) is 0.534. The van der Waals surface area contributed by atoms with E-state index in [1.54, 1.807) is 0 Å². The Bertz CT molecular complexity index is 139. The second kappa shape index (κ2) is 3.28. The largest absolute Gasteiger partial charge is 0.328 e. The second-order valence-electron chi connectivity index (χ2n) is 3.47. The van der Waals surface area contributed by atoms with Crippen LogP contribution in [0.5, 0.6) is 0 Å². The molecule has 0 aromatic heterocycles. The van der Waals surface area contributed by atoms with Gasteiger partial charge in [-0.1, -0.05) is 12.1 Å². The molecule has 1 rings (SSSR count). The van der Waals surface area contributed by atoms with Crippen molar-refractivity contribution in [2.24, 2.45) is 22.6 Å². The fourth-order valence-electron chi connectivity index (χ4n) is 1.81. The summed E-state index contributed by atoms with van der Waals surface area (Å²) in [5.74, 6) is 0.242. The topological polar surface area (TPSA) is 81.5 Å². The highest BCUT2D eigenvalue weighted by atomic mass is 16.3. The van der Waals surface area contributed by atoms with Gasteiger partial charge in [0.2, 0.25) is 0 Å². The van der Waals surface area contributed by atoms with E-state index in [1.807, 2.05) is 6.92 Å². The smallest absolute Gasteiger partial charge is 0.110 e. The molecule has 4 nitrogen and oxygen atoms in total. The van der Waals surface area contributed by atoms with Crippen molar-refractivity contribution in [3.05, 3.63) is 4.91 Å². The molecule has 0 radical (unpaired) electrons. The second-order valence-corrected chi connectivity index (χ2v) is 3.47. The van der Waals surface area contributed by atoms with E-state index in [4.69, 9.17) is 11.5 Å². The molecule has 0 aliphatic heterocycles. The molecule has 4 heteroatoms. The van der Waals surface area contributed by atoms with Crippen LogP contribution < -0.4 is 11.5 Å². The van der Waals surface area contributed by atoms with Crippen LogP contribution in [0.4, 0.5) is 0 Å². The van der Waals surface area contributed by atoms with Gasteiger partial charge in [-0.15, -0.1) is 0 Å². The molecular formula is C7H15N3O. The summed E-state index contributed by atoms with van der Waals surface area (Å²) >= 11 is 0. The third-order valence-corrected chi connectivity index (χ3v) is 2.39. The number of rotatable bonds is 1. The zero-order valence-corrected chi connectivity index (χ0v) is 6.73. The van der Waals surface area contributed by atoms with Crippen molar-refractivity contribution in [2.45, 2.75) is 37.9 Å². The van der Waals surface area contributed by atoms with Gasteiger partial charge in [0.05, 0.1) is 0 Å². The van der Waals surface area contributed by atoms with Gasteiger partial charge in [-0.2, -0.15) is 4.91 Å². The van der Waals surface area contributed by atoms with E-state index in [-0.39, 0.29) is 24.0 Å². The van der Waals surface area contributed by atoms with Crippen LogP contribution in [0.3, 0.4) is 0 Å². The van der Waals surface area contributed by atoms with Crippen molar-refractivity contribution < 1.29 is 0 Å². The Morgan fingerprint density at radius 3 is 2.45 bits per heavy atom. The number of hydrogen-bond acceptors (Lipinski definition) is 4. The lowest BCUT2D eigenvalue weighted by Crippen LogP contribution is -2.48. The Labute approximate surface area is 66.3 Å². The van der Waals surface area contributed by atoms with Crippen LogP contribution in [0.1, 0.15) is 19.8 Å². The van der Waals surface area contributed by atoms with Gasteiger partial charge < -0.3 is 11.5 Å². The average molecular weight is 157 g/mol. The Morgan fingerprint density at radius 2 is 2.00 bits per heavy atom. The Kier molecular flexibility index (Phi) is 2.57. The molecule has 64 valence electrons. The minimum atomic E-state index is -0.227. The maximum absolute atomic E-state index is 10.3. The first-order valence-corrected chi connectivity index (χ1v) is 3.98. The minimum absolute atomic E-state index is 0.133. The molecule has 4 N–H and O–H groups in total. The maximum atomic E-state index is 10.3. The van der Waals surface area contributed by atoms with Crippen LogP contribution in [-0.2, 0) is 0 Å². The van der Waals surface area contributed by atoms with Crippen molar-refractivity contribution in [3.63, 3.8) is 0 Å². The van der Waals surface area contributed by atoms with E-state index < -0.39 is 0 Å². The zero-order chi connectivity index (χ0) is 8.43. The van der Waals surface area contributed by atoms with Crippen molar-refractivity contribution in [1.82, 2.24) is 0 Å². The normalized spacial score (nSPS) is 45.4. The highest BCUT2D eigenvalue weighted by Gasteiger charge is 2.32. The monoisotopic (exact) mass is 157 g/mol. The van der Waals surface area contributed by atoms with Gasteiger partial charge >= 0.3 is 0 Å². The Balaban J connectivity index is 2.58. The van der Waals surface area contributed by atoms with Gasteiger partial charge in [0, 0.05) is 12.1 Å². The summed E-state index contributed by atoms with van der Waals surface area (Å²) in [5.41, 5.74) is 11.4. The summed E-state index contributed by atoms with van der Waals surface area (Å²) < 4.78 is 0. The summed E-state index contributed by atoms with van der Waals surface area (Å²) in [7, 11) is 0. The molecule has 3 unspecified atom stereocenters. The number of nitroso groups, excluding NO2 is 1. The van der Waals surface area contributed by atoms with Gasteiger partial charge in [-0.3, -0.25) is 0 Å². The minimum Gasteiger partial charge on any atom is -0.328 e. The molecule has 0 bridgehead atoms. The summed E-state index contributed by atoms with van der Waals surface area (Å²) in [6.07, 6.45) is 1.59. The van der Waals surface area contributed by atoms with E-state index >= 15 is 0 Å². The molecule has 1 aliphatic carbocycles. The molecular weight excluding hydrogens is 142 g/mol. The van der Waals surface area contributed by atoms with Crippen LogP contribution in [0.15, 0.2) is 5.18 Å². The first-order valence-electron chi connectivity index (χ1n) is 3.98. The third-order valence-electron chi connectivity index (χ3n) is 2.39. The fraction of sp³-hybridized carbons (Fsp3) is 1.00. The number of nitrogens with two attached hydrogens (primary N) is 2. The molecule has 0 heterocycles. The first-order chi connectivity index (χ1) is 5.15. The molecule has 0 spiro atoms. The zero-order valence-electron chi connectivity index (χ0n) is 6.73. The van der Waals surface area contributed by atoms with Gasteiger partial charge in [0.15, 0.2) is 0 Å². The highest BCUT2D eigenvalue weighted by Crippen LogP contribution is 2.24. The molecule has 0 aromatic rings. The van der Waals surface area contributed by atoms with Crippen LogP contribution >= 0.6 is 0 Å². The lowest BCUT2D eigenvalue weighted by atomic mass is 9.80. The Morgan fingerprint density at radius 1 is 1.36 bits per heavy atom. The molecule has 1 fully saturated rings. The van der Waals surface area contributed by atoms with Gasteiger partial charge in [-0.05, 0) is 18.8 Å². The predicted molar refractivity (Wildman–Crippen MR) is 43.9 cm³/mol. The molecule has 4 atom stereocenters. The molecule has 1 saturated carbocycles. The van der Waals surface area contributed by atoms with Crippen LogP contribution in [0, 0.1) is 10.8 Å². The lowest BCUT2D eigenvalue weighted by molar-refractivity contribution is 0.265. The third kappa shape index (κ3) is 1.75. The summed E-state index contributed by atoms with van der Waals surface area (Å²) in [4.78, 5) is 10.3. The molecule has 0 amide bonds. The summed E-state index contributed by atoms with van der Waals surface area (Å²) in [6, 6.07) is -0.209. The summed E-state index contributed by atoms with van der Waals surface area (Å²) in [6.45, 7) is 1.98. The average Bonchev–Trinajstić information content (AvgIpc) is 1.85. The fourth-order valence-corrected chi connectivity index (χ4v) is 1.81. The number of hydrogen-bond donors (Lipinski definition) is 2. The van der Waals surface area contributed by atoms with E-state index in [9.17, 15) is 4.91 Å². The SMILES string of the molecule is CC1CC(N)CC(N)[C@H]1N=O. The van der Waals surface area contributed by atoms with E-state index in [2.05, 4.69) is 5.18 Å². The predicted octanol–water partition coefficient (Wildman–Crippen LogP) is 0.206. The lowest BCUT2D eigenvalue weighted by Gasteiger charge is -2.32. The van der Waals surface area contributed by atoms with E-state index in [1.165, 1.54) is 0 Å². The van der Waals surface area contributed by atoms with Crippen molar-refractivity contribution >= 4 is 0 Å². The molecule has 11 heavy (non-hydrogen) atoms. The summed E-state index contributed by atoms with van der Waals surface area (Å²) in [5, 5.41) is 3.01.